The van der Waals surface area contributed by atoms with Crippen molar-refractivity contribution in [1.29, 1.82) is 0 Å². The summed E-state index contributed by atoms with van der Waals surface area (Å²) in [6, 6.07) is 28.5. The van der Waals surface area contributed by atoms with Gasteiger partial charge in [-0.25, -0.2) is 4.79 Å². The minimum Gasteiger partial charge on any atom is -0.488 e. The Morgan fingerprint density at radius 3 is 2.03 bits per heavy atom. The number of carbonyl (C=O) groups is 1. The lowest BCUT2D eigenvalue weighted by Crippen LogP contribution is -2.34. The Morgan fingerprint density at radius 1 is 0.763 bits per heavy atom. The van der Waals surface area contributed by atoms with Crippen LogP contribution in [0.4, 0.5) is 0 Å². The highest BCUT2D eigenvalue weighted by atomic mass is 16.5. The predicted molar refractivity (Wildman–Crippen MR) is 155 cm³/mol. The zero-order chi connectivity index (χ0) is 27.1. The number of carboxylic acid groups (broad SMARTS) is 1. The molecular weight excluding hydrogens is 468 g/mol. The predicted octanol–water partition coefficient (Wildman–Crippen LogP) is 8.96. The summed E-state index contributed by atoms with van der Waals surface area (Å²) in [5.74, 6) is -0.104. The number of aryl methyl sites for hydroxylation is 1. The van der Waals surface area contributed by atoms with Gasteiger partial charge in [-0.2, -0.15) is 0 Å². The first-order valence-corrected chi connectivity index (χ1v) is 13.4. The first-order valence-electron chi connectivity index (χ1n) is 13.4. The maximum atomic E-state index is 11.2. The topological polar surface area (TPSA) is 46.5 Å². The molecule has 1 aliphatic rings. The summed E-state index contributed by atoms with van der Waals surface area (Å²) in [4.78, 5) is 11.2. The van der Waals surface area contributed by atoms with Crippen LogP contribution in [-0.2, 0) is 17.4 Å². The molecule has 0 unspecified atom stereocenters. The third-order valence-electron chi connectivity index (χ3n) is 8.17. The van der Waals surface area contributed by atoms with Crippen LogP contribution in [0.3, 0.4) is 0 Å². The van der Waals surface area contributed by atoms with Crippen LogP contribution < -0.4 is 4.74 Å². The van der Waals surface area contributed by atoms with Gasteiger partial charge in [0, 0.05) is 5.56 Å². The number of aromatic carboxylic acids is 1. The Balaban J connectivity index is 1.60. The van der Waals surface area contributed by atoms with Crippen LogP contribution in [0.2, 0.25) is 0 Å². The van der Waals surface area contributed by atoms with Crippen LogP contribution in [0.15, 0.2) is 84.9 Å². The molecule has 0 heterocycles. The van der Waals surface area contributed by atoms with Gasteiger partial charge in [0.2, 0.25) is 0 Å². The van der Waals surface area contributed by atoms with Crippen molar-refractivity contribution in [2.24, 2.45) is 0 Å². The molecule has 5 rings (SSSR count). The van der Waals surface area contributed by atoms with Crippen molar-refractivity contribution >= 4 is 5.97 Å². The highest BCUT2D eigenvalue weighted by Crippen LogP contribution is 2.48. The average Bonchev–Trinajstić information content (AvgIpc) is 2.91. The van der Waals surface area contributed by atoms with E-state index in [0.29, 0.717) is 6.61 Å². The SMILES string of the molecule is Cc1cc2c(cc1-c1cc(-c3ccccc3)ccc1OCc1ccc(C(=O)O)cc1)C(C)(C)CCC2(C)C. The summed E-state index contributed by atoms with van der Waals surface area (Å²) in [6.07, 6.45) is 2.35. The Hall–Kier alpha value is -3.85. The van der Waals surface area contributed by atoms with E-state index in [1.807, 2.05) is 18.2 Å². The lowest BCUT2D eigenvalue weighted by molar-refractivity contribution is 0.0697. The molecule has 3 heteroatoms. The van der Waals surface area contributed by atoms with Crippen LogP contribution in [-0.4, -0.2) is 11.1 Å². The van der Waals surface area contributed by atoms with E-state index < -0.39 is 5.97 Å². The highest BCUT2D eigenvalue weighted by Gasteiger charge is 2.37. The van der Waals surface area contributed by atoms with Crippen molar-refractivity contribution in [3.8, 4) is 28.0 Å². The van der Waals surface area contributed by atoms with E-state index in [9.17, 15) is 9.90 Å². The van der Waals surface area contributed by atoms with Gasteiger partial charge in [-0.3, -0.25) is 0 Å². The molecule has 0 saturated carbocycles. The Morgan fingerprint density at radius 2 is 1.39 bits per heavy atom. The van der Waals surface area contributed by atoms with Gasteiger partial charge in [-0.05, 0) is 99.9 Å². The molecule has 0 atom stereocenters. The number of hydrogen-bond donors (Lipinski definition) is 1. The average molecular weight is 505 g/mol. The molecule has 0 bridgehead atoms. The van der Waals surface area contributed by atoms with Gasteiger partial charge >= 0.3 is 5.97 Å². The second-order valence-electron chi connectivity index (χ2n) is 11.8. The first-order chi connectivity index (χ1) is 18.0. The smallest absolute Gasteiger partial charge is 0.335 e. The van der Waals surface area contributed by atoms with Crippen molar-refractivity contribution < 1.29 is 14.6 Å². The molecule has 0 spiro atoms. The fourth-order valence-electron chi connectivity index (χ4n) is 5.59. The van der Waals surface area contributed by atoms with Gasteiger partial charge in [-0.15, -0.1) is 0 Å². The van der Waals surface area contributed by atoms with Crippen LogP contribution in [0.25, 0.3) is 22.3 Å². The lowest BCUT2D eigenvalue weighted by atomic mass is 9.62. The number of hydrogen-bond acceptors (Lipinski definition) is 2. The zero-order valence-electron chi connectivity index (χ0n) is 23.0. The van der Waals surface area contributed by atoms with Crippen LogP contribution in [0.5, 0.6) is 5.75 Å². The molecular formula is C35H36O3. The minimum atomic E-state index is -0.926. The molecule has 0 aliphatic heterocycles. The highest BCUT2D eigenvalue weighted by molar-refractivity contribution is 5.87. The van der Waals surface area contributed by atoms with Gasteiger partial charge in [-0.1, -0.05) is 82.3 Å². The fourth-order valence-corrected chi connectivity index (χ4v) is 5.59. The second kappa shape index (κ2) is 9.79. The molecule has 1 aliphatic carbocycles. The summed E-state index contributed by atoms with van der Waals surface area (Å²) >= 11 is 0. The van der Waals surface area contributed by atoms with E-state index in [-0.39, 0.29) is 16.4 Å². The molecule has 0 radical (unpaired) electrons. The Labute approximate surface area is 226 Å². The third-order valence-corrected chi connectivity index (χ3v) is 8.17. The number of carboxylic acids is 1. The van der Waals surface area contributed by atoms with E-state index in [1.165, 1.54) is 34.2 Å². The molecule has 0 fully saturated rings. The van der Waals surface area contributed by atoms with Gasteiger partial charge in [0.15, 0.2) is 0 Å². The van der Waals surface area contributed by atoms with E-state index >= 15 is 0 Å². The Bertz CT molecular complexity index is 1480. The monoisotopic (exact) mass is 504 g/mol. The summed E-state index contributed by atoms with van der Waals surface area (Å²) in [6.45, 7) is 12.0. The van der Waals surface area contributed by atoms with Gasteiger partial charge in [0.25, 0.3) is 0 Å². The number of fused-ring (bicyclic) bond motifs is 1. The number of ether oxygens (including phenoxy) is 1. The van der Waals surface area contributed by atoms with Crippen molar-refractivity contribution in [3.05, 3.63) is 113 Å². The molecule has 3 nitrogen and oxygen atoms in total. The van der Waals surface area contributed by atoms with Gasteiger partial charge in [0.1, 0.15) is 12.4 Å². The summed E-state index contributed by atoms with van der Waals surface area (Å²) in [7, 11) is 0. The molecule has 4 aromatic carbocycles. The molecule has 0 aromatic heterocycles. The van der Waals surface area contributed by atoms with E-state index in [0.717, 1.165) is 28.9 Å². The van der Waals surface area contributed by atoms with Gasteiger partial charge in [0.05, 0.1) is 5.56 Å². The fraction of sp³-hybridized carbons (Fsp3) is 0.286. The third kappa shape index (κ3) is 4.98. The lowest BCUT2D eigenvalue weighted by Gasteiger charge is -2.42. The summed E-state index contributed by atoms with van der Waals surface area (Å²) in [5.41, 5.74) is 10.2. The van der Waals surface area contributed by atoms with Crippen molar-refractivity contribution in [2.45, 2.75) is 64.9 Å². The maximum absolute atomic E-state index is 11.2. The van der Waals surface area contributed by atoms with Crippen LogP contribution >= 0.6 is 0 Å². The van der Waals surface area contributed by atoms with Gasteiger partial charge < -0.3 is 9.84 Å². The molecule has 38 heavy (non-hydrogen) atoms. The zero-order valence-corrected chi connectivity index (χ0v) is 23.0. The van der Waals surface area contributed by atoms with Crippen molar-refractivity contribution in [1.82, 2.24) is 0 Å². The van der Waals surface area contributed by atoms with Crippen molar-refractivity contribution in [3.63, 3.8) is 0 Å². The number of benzene rings is 4. The second-order valence-corrected chi connectivity index (χ2v) is 11.8. The maximum Gasteiger partial charge on any atom is 0.335 e. The van der Waals surface area contributed by atoms with E-state index in [1.54, 1.807) is 12.1 Å². The molecule has 4 aromatic rings. The molecule has 1 N–H and O–H groups in total. The standard InChI is InChI=1S/C35H36O3/c1-23-19-30-31(35(4,5)18-17-34(30,2)3)21-28(23)29-20-27(25-9-7-6-8-10-25)15-16-32(29)38-22-24-11-13-26(14-12-24)33(36)37/h6-16,19-21H,17-18,22H2,1-5H3,(H,36,37). The van der Waals surface area contributed by atoms with Crippen LogP contribution in [0.1, 0.15) is 73.1 Å². The summed E-state index contributed by atoms with van der Waals surface area (Å²) < 4.78 is 6.41. The molecule has 194 valence electrons. The Kier molecular flexibility index (Phi) is 6.65. The quantitative estimate of drug-likeness (QED) is 0.285. The van der Waals surface area contributed by atoms with Crippen molar-refractivity contribution in [2.75, 3.05) is 0 Å². The summed E-state index contributed by atoms with van der Waals surface area (Å²) in [5, 5.41) is 9.21. The largest absolute Gasteiger partial charge is 0.488 e. The van der Waals surface area contributed by atoms with Crippen LogP contribution in [0, 0.1) is 6.92 Å². The normalized spacial score (nSPS) is 15.5. The molecule has 0 saturated heterocycles. The molecule has 0 amide bonds. The first kappa shape index (κ1) is 25.8. The number of rotatable bonds is 6. The minimum absolute atomic E-state index is 0.108. The van der Waals surface area contributed by atoms with E-state index in [4.69, 9.17) is 4.74 Å². The van der Waals surface area contributed by atoms with E-state index in [2.05, 4.69) is 89.2 Å².